The second-order valence-electron chi connectivity index (χ2n) is 7.41. The van der Waals surface area contributed by atoms with Crippen molar-refractivity contribution in [3.05, 3.63) is 69.9 Å². The predicted molar refractivity (Wildman–Crippen MR) is 122 cm³/mol. The fourth-order valence-corrected chi connectivity index (χ4v) is 4.91. The molecule has 0 fully saturated rings. The van der Waals surface area contributed by atoms with Crippen molar-refractivity contribution in [2.75, 3.05) is 11.9 Å². The summed E-state index contributed by atoms with van der Waals surface area (Å²) in [6.45, 7) is 3.34. The van der Waals surface area contributed by atoms with Crippen LogP contribution in [0.1, 0.15) is 32.0 Å². The molecule has 0 saturated heterocycles. The normalized spacial score (nSPS) is 13.2. The number of aromatic nitrogens is 3. The first-order chi connectivity index (χ1) is 15.3. The Kier molecular flexibility index (Phi) is 4.79. The number of nitrogens with zero attached hydrogens (tertiary/aromatic N) is 4. The van der Waals surface area contributed by atoms with Gasteiger partial charge in [-0.2, -0.15) is 9.78 Å². The average Bonchev–Trinajstić information content (AvgIpc) is 3.43. The first-order valence-corrected chi connectivity index (χ1v) is 10.9. The summed E-state index contributed by atoms with van der Waals surface area (Å²) in [4.78, 5) is 43.4. The average molecular weight is 466 g/mol. The minimum atomic E-state index is -0.518. The zero-order valence-electron chi connectivity index (χ0n) is 17.0. The number of carbonyl (C=O) groups excluding carboxylic acids is 3. The quantitative estimate of drug-likeness (QED) is 0.460. The molecule has 0 aliphatic carbocycles. The summed E-state index contributed by atoms with van der Waals surface area (Å²) in [6, 6.07) is 11.9. The van der Waals surface area contributed by atoms with E-state index < -0.39 is 24.3 Å². The van der Waals surface area contributed by atoms with Gasteiger partial charge in [0.1, 0.15) is 12.4 Å². The molecule has 0 radical (unpaired) electrons. The van der Waals surface area contributed by atoms with Crippen LogP contribution in [-0.4, -0.2) is 43.9 Å². The van der Waals surface area contributed by atoms with Gasteiger partial charge in [0.05, 0.1) is 32.1 Å². The monoisotopic (exact) mass is 465 g/mol. The number of nitrogens with one attached hydrogen (secondary N) is 1. The van der Waals surface area contributed by atoms with Crippen molar-refractivity contribution in [2.24, 2.45) is 0 Å². The molecule has 1 aliphatic heterocycles. The summed E-state index contributed by atoms with van der Waals surface area (Å²) < 4.78 is 2.36. The number of imide groups is 1. The number of amides is 3. The van der Waals surface area contributed by atoms with Gasteiger partial charge in [-0.1, -0.05) is 41.1 Å². The largest absolute Gasteiger partial charge is 0.309 e. The Morgan fingerprint density at radius 3 is 2.44 bits per heavy atom. The molecule has 0 atom stereocenters. The summed E-state index contributed by atoms with van der Waals surface area (Å²) in [6.07, 6.45) is 0. The molecule has 0 spiro atoms. The number of fused-ring (bicyclic) bond motifs is 2. The third-order valence-corrected chi connectivity index (χ3v) is 6.64. The van der Waals surface area contributed by atoms with Crippen LogP contribution in [0.2, 0.25) is 5.02 Å². The fraction of sp³-hybridized carbons (Fsp3) is 0.136. The SMILES string of the molecule is Cc1cc(NC(=O)CN2C(=O)c3ccccc3C2=O)n(-c2nc3c(C)ccc(Cl)c3s2)n1. The van der Waals surface area contributed by atoms with Crippen LogP contribution in [0.3, 0.4) is 0 Å². The van der Waals surface area contributed by atoms with Gasteiger partial charge >= 0.3 is 0 Å². The van der Waals surface area contributed by atoms with Crippen molar-refractivity contribution in [3.8, 4) is 5.13 Å². The molecule has 3 heterocycles. The van der Waals surface area contributed by atoms with E-state index in [9.17, 15) is 14.4 Å². The highest BCUT2D eigenvalue weighted by Gasteiger charge is 2.36. The number of rotatable bonds is 4. The van der Waals surface area contributed by atoms with Crippen LogP contribution in [0.15, 0.2) is 42.5 Å². The molecule has 10 heteroatoms. The summed E-state index contributed by atoms with van der Waals surface area (Å²) in [5, 5.41) is 8.32. The molecule has 3 amide bonds. The number of benzene rings is 2. The summed E-state index contributed by atoms with van der Waals surface area (Å²) in [7, 11) is 0. The van der Waals surface area contributed by atoms with E-state index in [1.807, 2.05) is 19.1 Å². The molecule has 8 nitrogen and oxygen atoms in total. The Hall–Kier alpha value is -3.56. The van der Waals surface area contributed by atoms with Crippen molar-refractivity contribution in [2.45, 2.75) is 13.8 Å². The topological polar surface area (TPSA) is 97.2 Å². The van der Waals surface area contributed by atoms with E-state index in [-0.39, 0.29) is 0 Å². The molecule has 2 aromatic heterocycles. The van der Waals surface area contributed by atoms with Crippen molar-refractivity contribution in [1.29, 1.82) is 0 Å². The van der Waals surface area contributed by atoms with Crippen LogP contribution in [0, 0.1) is 13.8 Å². The van der Waals surface area contributed by atoms with Crippen LogP contribution in [0.25, 0.3) is 15.3 Å². The van der Waals surface area contributed by atoms with Crippen molar-refractivity contribution in [1.82, 2.24) is 19.7 Å². The maximum atomic E-state index is 12.7. The summed E-state index contributed by atoms with van der Waals surface area (Å²) in [5.74, 6) is -1.10. The molecule has 32 heavy (non-hydrogen) atoms. The summed E-state index contributed by atoms with van der Waals surface area (Å²) in [5.41, 5.74) is 3.02. The second kappa shape index (κ2) is 7.54. The van der Waals surface area contributed by atoms with Crippen molar-refractivity contribution < 1.29 is 14.4 Å². The van der Waals surface area contributed by atoms with Gasteiger partial charge in [-0.15, -0.1) is 0 Å². The Morgan fingerprint density at radius 1 is 1.09 bits per heavy atom. The van der Waals surface area contributed by atoms with Gasteiger partial charge in [0.15, 0.2) is 0 Å². The number of halogens is 1. The standard InChI is InChI=1S/C22H16ClN5O3S/c1-11-7-8-15(23)19-18(11)25-22(32-19)28-16(9-12(2)26-28)24-17(29)10-27-20(30)13-5-3-4-6-14(13)21(27)31/h3-9H,10H2,1-2H3,(H,24,29). The molecule has 4 aromatic rings. The van der Waals surface area contributed by atoms with Crippen LogP contribution in [-0.2, 0) is 4.79 Å². The lowest BCUT2D eigenvalue weighted by atomic mass is 10.1. The minimum Gasteiger partial charge on any atom is -0.309 e. The van der Waals surface area contributed by atoms with E-state index in [1.165, 1.54) is 16.0 Å². The first-order valence-electron chi connectivity index (χ1n) is 9.71. The molecule has 0 bridgehead atoms. The van der Waals surface area contributed by atoms with Gasteiger partial charge in [0, 0.05) is 6.07 Å². The highest BCUT2D eigenvalue weighted by Crippen LogP contribution is 2.34. The Labute approximate surface area is 191 Å². The van der Waals surface area contributed by atoms with Gasteiger partial charge in [0.25, 0.3) is 11.8 Å². The molecule has 1 N–H and O–H groups in total. The van der Waals surface area contributed by atoms with E-state index in [0.29, 0.717) is 32.8 Å². The number of thiazole rings is 1. The maximum absolute atomic E-state index is 12.7. The van der Waals surface area contributed by atoms with E-state index in [0.717, 1.165) is 20.7 Å². The van der Waals surface area contributed by atoms with Crippen molar-refractivity contribution >= 4 is 56.7 Å². The highest BCUT2D eigenvalue weighted by molar-refractivity contribution is 7.21. The Bertz CT molecular complexity index is 1370. The molecular formula is C22H16ClN5O3S. The van der Waals surface area contributed by atoms with Gasteiger partial charge in [-0.25, -0.2) is 4.98 Å². The van der Waals surface area contributed by atoms with Crippen molar-refractivity contribution in [3.63, 3.8) is 0 Å². The molecule has 160 valence electrons. The van der Waals surface area contributed by atoms with Crippen LogP contribution < -0.4 is 5.32 Å². The third-order valence-electron chi connectivity index (χ3n) is 5.15. The van der Waals surface area contributed by atoms with Crippen LogP contribution in [0.4, 0.5) is 5.82 Å². The smallest absolute Gasteiger partial charge is 0.262 e. The number of hydrogen-bond acceptors (Lipinski definition) is 6. The number of aryl methyl sites for hydroxylation is 2. The number of carbonyl (C=O) groups is 3. The van der Waals surface area contributed by atoms with Gasteiger partial charge in [0.2, 0.25) is 11.0 Å². The lowest BCUT2D eigenvalue weighted by Crippen LogP contribution is -2.37. The van der Waals surface area contributed by atoms with E-state index in [2.05, 4.69) is 15.4 Å². The highest BCUT2D eigenvalue weighted by atomic mass is 35.5. The first kappa shape index (κ1) is 20.3. The van der Waals surface area contributed by atoms with Crippen LogP contribution in [0.5, 0.6) is 0 Å². The van der Waals surface area contributed by atoms with Gasteiger partial charge in [-0.3, -0.25) is 19.3 Å². The minimum absolute atomic E-state index is 0.299. The van der Waals surface area contributed by atoms with Gasteiger partial charge in [-0.05, 0) is 37.6 Å². The molecule has 2 aromatic carbocycles. The molecular weight excluding hydrogens is 450 g/mol. The van der Waals surface area contributed by atoms with Gasteiger partial charge < -0.3 is 5.32 Å². The van der Waals surface area contributed by atoms with E-state index in [4.69, 9.17) is 11.6 Å². The zero-order valence-corrected chi connectivity index (χ0v) is 18.6. The molecule has 5 rings (SSSR count). The number of hydrogen-bond donors (Lipinski definition) is 1. The van der Waals surface area contributed by atoms with Crippen LogP contribution >= 0.6 is 22.9 Å². The lowest BCUT2D eigenvalue weighted by molar-refractivity contribution is -0.116. The molecule has 1 aliphatic rings. The Balaban J connectivity index is 1.41. The predicted octanol–water partition coefficient (Wildman–Crippen LogP) is 3.99. The zero-order chi connectivity index (χ0) is 22.6. The maximum Gasteiger partial charge on any atom is 0.262 e. The molecule has 0 saturated carbocycles. The molecule has 0 unspecified atom stereocenters. The second-order valence-corrected chi connectivity index (χ2v) is 8.80. The van der Waals surface area contributed by atoms with E-state index in [1.54, 1.807) is 37.3 Å². The fourth-order valence-electron chi connectivity index (χ4n) is 3.62. The van der Waals surface area contributed by atoms with E-state index >= 15 is 0 Å². The third kappa shape index (κ3) is 3.26. The lowest BCUT2D eigenvalue weighted by Gasteiger charge is -2.13. The number of anilines is 1. The summed E-state index contributed by atoms with van der Waals surface area (Å²) >= 11 is 7.68. The Morgan fingerprint density at radius 2 is 1.78 bits per heavy atom.